The van der Waals surface area contributed by atoms with E-state index in [0.717, 1.165) is 30.0 Å². The molecule has 0 bridgehead atoms. The molecule has 138 valence electrons. The van der Waals surface area contributed by atoms with E-state index in [0.29, 0.717) is 19.6 Å². The van der Waals surface area contributed by atoms with Crippen molar-refractivity contribution in [1.82, 2.24) is 25.0 Å². The Morgan fingerprint density at radius 2 is 2.19 bits per heavy atom. The molecular formula is C19H25N5O2. The second-order valence-electron chi connectivity index (χ2n) is 6.79. The van der Waals surface area contributed by atoms with Crippen molar-refractivity contribution in [3.63, 3.8) is 0 Å². The maximum absolute atomic E-state index is 12.3. The SMILES string of the molecule is Cc1cc(C)n(CCCNC(=O)C2CC(=O)N(Cc3ccccn3)C2)n1. The van der Waals surface area contributed by atoms with Gasteiger partial charge in [-0.15, -0.1) is 0 Å². The van der Waals surface area contributed by atoms with Crippen molar-refractivity contribution in [1.29, 1.82) is 0 Å². The van der Waals surface area contributed by atoms with E-state index in [1.165, 1.54) is 0 Å². The Morgan fingerprint density at radius 3 is 2.88 bits per heavy atom. The Hall–Kier alpha value is -2.70. The average Bonchev–Trinajstić information content (AvgIpc) is 3.14. The predicted molar refractivity (Wildman–Crippen MR) is 97.1 cm³/mol. The van der Waals surface area contributed by atoms with Gasteiger partial charge in [-0.3, -0.25) is 19.3 Å². The van der Waals surface area contributed by atoms with Crippen LogP contribution in [0.4, 0.5) is 0 Å². The number of likely N-dealkylation sites (tertiary alicyclic amines) is 1. The number of pyridine rings is 1. The van der Waals surface area contributed by atoms with Gasteiger partial charge in [0.1, 0.15) is 0 Å². The van der Waals surface area contributed by atoms with Crippen LogP contribution in [0.2, 0.25) is 0 Å². The van der Waals surface area contributed by atoms with Crippen LogP contribution in [0.25, 0.3) is 0 Å². The molecule has 2 aromatic heterocycles. The molecule has 2 aromatic rings. The summed E-state index contributed by atoms with van der Waals surface area (Å²) in [6.07, 6.45) is 2.80. The van der Waals surface area contributed by atoms with Gasteiger partial charge in [0.15, 0.2) is 0 Å². The number of hydrogen-bond acceptors (Lipinski definition) is 4. The monoisotopic (exact) mass is 355 g/mol. The minimum absolute atomic E-state index is 0.0124. The molecule has 0 aliphatic carbocycles. The van der Waals surface area contributed by atoms with Gasteiger partial charge in [0.05, 0.1) is 23.9 Å². The van der Waals surface area contributed by atoms with Gasteiger partial charge in [-0.05, 0) is 38.5 Å². The topological polar surface area (TPSA) is 80.1 Å². The van der Waals surface area contributed by atoms with Gasteiger partial charge in [0, 0.05) is 37.9 Å². The minimum Gasteiger partial charge on any atom is -0.356 e. The van der Waals surface area contributed by atoms with E-state index in [4.69, 9.17) is 0 Å². The quantitative estimate of drug-likeness (QED) is 0.763. The zero-order valence-corrected chi connectivity index (χ0v) is 15.3. The zero-order valence-electron chi connectivity index (χ0n) is 15.3. The van der Waals surface area contributed by atoms with Crippen LogP contribution in [-0.4, -0.2) is 44.6 Å². The highest BCUT2D eigenvalue weighted by molar-refractivity contribution is 5.89. The largest absolute Gasteiger partial charge is 0.356 e. The number of carbonyl (C=O) groups excluding carboxylic acids is 2. The number of amides is 2. The predicted octanol–water partition coefficient (Wildman–Crippen LogP) is 1.45. The Labute approximate surface area is 153 Å². The van der Waals surface area contributed by atoms with E-state index in [1.54, 1.807) is 11.1 Å². The van der Waals surface area contributed by atoms with Crippen LogP contribution < -0.4 is 5.32 Å². The first-order chi connectivity index (χ1) is 12.5. The van der Waals surface area contributed by atoms with Crippen LogP contribution in [0.3, 0.4) is 0 Å². The molecule has 1 aliphatic heterocycles. The van der Waals surface area contributed by atoms with Crippen molar-refractivity contribution < 1.29 is 9.59 Å². The molecule has 2 amide bonds. The molecule has 1 saturated heterocycles. The third-order valence-electron chi connectivity index (χ3n) is 4.61. The Balaban J connectivity index is 1.42. The molecule has 1 N–H and O–H groups in total. The summed E-state index contributed by atoms with van der Waals surface area (Å²) in [5.41, 5.74) is 2.97. The fraction of sp³-hybridized carbons (Fsp3) is 0.474. The third kappa shape index (κ3) is 4.47. The van der Waals surface area contributed by atoms with Crippen molar-refractivity contribution in [3.05, 3.63) is 47.5 Å². The molecule has 1 unspecified atom stereocenters. The number of nitrogens with one attached hydrogen (secondary N) is 1. The van der Waals surface area contributed by atoms with Gasteiger partial charge in [-0.25, -0.2) is 0 Å². The number of hydrogen-bond donors (Lipinski definition) is 1. The van der Waals surface area contributed by atoms with E-state index in [2.05, 4.69) is 15.4 Å². The molecule has 1 atom stereocenters. The summed E-state index contributed by atoms with van der Waals surface area (Å²) in [5.74, 6) is -0.312. The van der Waals surface area contributed by atoms with Crippen molar-refractivity contribution >= 4 is 11.8 Å². The second-order valence-corrected chi connectivity index (χ2v) is 6.79. The van der Waals surface area contributed by atoms with Crippen LogP contribution in [-0.2, 0) is 22.7 Å². The van der Waals surface area contributed by atoms with E-state index >= 15 is 0 Å². The van der Waals surface area contributed by atoms with Gasteiger partial charge < -0.3 is 10.2 Å². The van der Waals surface area contributed by atoms with Crippen LogP contribution in [0.15, 0.2) is 30.5 Å². The molecule has 1 aliphatic rings. The number of aryl methyl sites for hydroxylation is 3. The zero-order chi connectivity index (χ0) is 18.5. The molecule has 26 heavy (non-hydrogen) atoms. The average molecular weight is 355 g/mol. The van der Waals surface area contributed by atoms with Crippen LogP contribution in [0.1, 0.15) is 29.9 Å². The van der Waals surface area contributed by atoms with Crippen molar-refractivity contribution in [2.75, 3.05) is 13.1 Å². The van der Waals surface area contributed by atoms with Crippen molar-refractivity contribution in [2.24, 2.45) is 5.92 Å². The van der Waals surface area contributed by atoms with E-state index < -0.39 is 0 Å². The maximum atomic E-state index is 12.3. The number of rotatable bonds is 7. The Bertz CT molecular complexity index is 771. The lowest BCUT2D eigenvalue weighted by atomic mass is 10.1. The smallest absolute Gasteiger partial charge is 0.225 e. The fourth-order valence-corrected chi connectivity index (χ4v) is 3.27. The molecular weight excluding hydrogens is 330 g/mol. The molecule has 7 nitrogen and oxygen atoms in total. The van der Waals surface area contributed by atoms with Gasteiger partial charge in [0.2, 0.25) is 11.8 Å². The van der Waals surface area contributed by atoms with Gasteiger partial charge in [-0.2, -0.15) is 5.10 Å². The highest BCUT2D eigenvalue weighted by Crippen LogP contribution is 2.19. The molecule has 1 fully saturated rings. The summed E-state index contributed by atoms with van der Waals surface area (Å²) >= 11 is 0. The van der Waals surface area contributed by atoms with E-state index in [1.807, 2.05) is 42.8 Å². The van der Waals surface area contributed by atoms with E-state index in [-0.39, 0.29) is 24.2 Å². The van der Waals surface area contributed by atoms with Crippen molar-refractivity contribution in [2.45, 2.75) is 39.8 Å². The molecule has 0 spiro atoms. The van der Waals surface area contributed by atoms with Gasteiger partial charge in [-0.1, -0.05) is 6.07 Å². The molecule has 3 rings (SSSR count). The fourth-order valence-electron chi connectivity index (χ4n) is 3.27. The second kappa shape index (κ2) is 8.12. The summed E-state index contributed by atoms with van der Waals surface area (Å²) in [6, 6.07) is 7.67. The molecule has 7 heteroatoms. The number of aromatic nitrogens is 3. The molecule has 0 saturated carbocycles. The third-order valence-corrected chi connectivity index (χ3v) is 4.61. The lowest BCUT2D eigenvalue weighted by molar-refractivity contribution is -0.129. The maximum Gasteiger partial charge on any atom is 0.225 e. The summed E-state index contributed by atoms with van der Waals surface area (Å²) in [5, 5.41) is 7.36. The first kappa shape index (κ1) is 18.1. The van der Waals surface area contributed by atoms with Gasteiger partial charge in [0.25, 0.3) is 0 Å². The van der Waals surface area contributed by atoms with E-state index in [9.17, 15) is 9.59 Å². The first-order valence-electron chi connectivity index (χ1n) is 8.99. The summed E-state index contributed by atoms with van der Waals surface area (Å²) < 4.78 is 1.95. The Kier molecular flexibility index (Phi) is 5.65. The van der Waals surface area contributed by atoms with Gasteiger partial charge >= 0.3 is 0 Å². The highest BCUT2D eigenvalue weighted by atomic mass is 16.2. The number of carbonyl (C=O) groups is 2. The lowest BCUT2D eigenvalue weighted by Gasteiger charge is -2.16. The van der Waals surface area contributed by atoms with Crippen LogP contribution >= 0.6 is 0 Å². The summed E-state index contributed by atoms with van der Waals surface area (Å²) in [7, 11) is 0. The van der Waals surface area contributed by atoms with Crippen LogP contribution in [0, 0.1) is 19.8 Å². The van der Waals surface area contributed by atoms with Crippen molar-refractivity contribution in [3.8, 4) is 0 Å². The minimum atomic E-state index is -0.278. The summed E-state index contributed by atoms with van der Waals surface area (Å²) in [6.45, 7) is 6.27. The normalized spacial score (nSPS) is 16.9. The first-order valence-corrected chi connectivity index (χ1v) is 8.99. The summed E-state index contributed by atoms with van der Waals surface area (Å²) in [4.78, 5) is 30.5. The Morgan fingerprint density at radius 1 is 1.35 bits per heavy atom. The highest BCUT2D eigenvalue weighted by Gasteiger charge is 2.34. The molecule has 3 heterocycles. The molecule has 0 aromatic carbocycles. The number of nitrogens with zero attached hydrogens (tertiary/aromatic N) is 4. The van der Waals surface area contributed by atoms with Crippen LogP contribution in [0.5, 0.6) is 0 Å². The lowest BCUT2D eigenvalue weighted by Crippen LogP contribution is -2.33. The standard InChI is InChI=1S/C19H25N5O2/c1-14-10-15(2)24(22-14)9-5-8-21-19(26)16-11-18(25)23(12-16)13-17-6-3-4-7-20-17/h3-4,6-7,10,16H,5,8-9,11-13H2,1-2H3,(H,21,26). The molecule has 0 radical (unpaired) electrons.